The van der Waals surface area contributed by atoms with E-state index in [2.05, 4.69) is 32.3 Å². The van der Waals surface area contributed by atoms with Gasteiger partial charge in [-0.3, -0.25) is 0 Å². The standard InChI is InChI=1S/C15H10BrFN2/c16-12-3-1-11-8-13(4-2-10(11)7-12)19-14-5-6-18-15(17)9-14/h1-9H,(H,18,19). The number of aromatic nitrogens is 1. The molecule has 0 fully saturated rings. The van der Waals surface area contributed by atoms with E-state index >= 15 is 0 Å². The SMILES string of the molecule is Fc1cc(Nc2ccc3cc(Br)ccc3c2)ccn1. The third-order valence-corrected chi connectivity index (χ3v) is 3.31. The predicted molar refractivity (Wildman–Crippen MR) is 79.1 cm³/mol. The molecule has 0 radical (unpaired) electrons. The first-order chi connectivity index (χ1) is 9.20. The van der Waals surface area contributed by atoms with Gasteiger partial charge in [0.15, 0.2) is 0 Å². The number of nitrogens with zero attached hydrogens (tertiary/aromatic N) is 1. The smallest absolute Gasteiger partial charge is 0.214 e. The molecule has 19 heavy (non-hydrogen) atoms. The third kappa shape index (κ3) is 2.74. The van der Waals surface area contributed by atoms with Gasteiger partial charge in [-0.25, -0.2) is 4.98 Å². The Labute approximate surface area is 118 Å². The second-order valence-corrected chi connectivity index (χ2v) is 5.11. The summed E-state index contributed by atoms with van der Waals surface area (Å²) in [5.74, 6) is -0.491. The van der Waals surface area contributed by atoms with E-state index in [0.29, 0.717) is 5.69 Å². The van der Waals surface area contributed by atoms with Crippen molar-refractivity contribution >= 4 is 38.1 Å². The normalized spacial score (nSPS) is 10.6. The number of rotatable bonds is 2. The van der Waals surface area contributed by atoms with Crippen molar-refractivity contribution in [3.63, 3.8) is 0 Å². The van der Waals surface area contributed by atoms with Crippen LogP contribution in [-0.4, -0.2) is 4.98 Å². The van der Waals surface area contributed by atoms with Gasteiger partial charge < -0.3 is 5.32 Å². The van der Waals surface area contributed by atoms with Gasteiger partial charge in [0.05, 0.1) is 0 Å². The molecule has 0 aliphatic carbocycles. The van der Waals surface area contributed by atoms with Gasteiger partial charge in [0.1, 0.15) is 0 Å². The summed E-state index contributed by atoms with van der Waals surface area (Å²) >= 11 is 3.45. The van der Waals surface area contributed by atoms with Gasteiger partial charge in [0, 0.05) is 28.1 Å². The number of anilines is 2. The molecule has 0 saturated carbocycles. The number of fused-ring (bicyclic) bond motifs is 1. The molecule has 0 bridgehead atoms. The lowest BCUT2D eigenvalue weighted by Gasteiger charge is -2.07. The molecule has 0 aliphatic rings. The average Bonchev–Trinajstić information content (AvgIpc) is 2.39. The van der Waals surface area contributed by atoms with Crippen molar-refractivity contribution in [1.82, 2.24) is 4.98 Å². The fraction of sp³-hybridized carbons (Fsp3) is 0. The molecule has 2 nitrogen and oxygen atoms in total. The van der Waals surface area contributed by atoms with Crippen molar-refractivity contribution in [2.24, 2.45) is 0 Å². The van der Waals surface area contributed by atoms with Gasteiger partial charge in [-0.1, -0.05) is 28.1 Å². The Balaban J connectivity index is 1.95. The Kier molecular flexibility index (Phi) is 3.17. The zero-order valence-electron chi connectivity index (χ0n) is 9.90. The highest BCUT2D eigenvalue weighted by Gasteiger charge is 2.00. The molecule has 1 aromatic heterocycles. The lowest BCUT2D eigenvalue weighted by atomic mass is 10.1. The van der Waals surface area contributed by atoms with Crippen molar-refractivity contribution in [3.8, 4) is 0 Å². The number of halogens is 2. The summed E-state index contributed by atoms with van der Waals surface area (Å²) in [6.07, 6.45) is 1.44. The summed E-state index contributed by atoms with van der Waals surface area (Å²) in [4.78, 5) is 3.53. The summed E-state index contributed by atoms with van der Waals surface area (Å²) < 4.78 is 14.1. The van der Waals surface area contributed by atoms with Crippen LogP contribution in [0.5, 0.6) is 0 Å². The van der Waals surface area contributed by atoms with Crippen LogP contribution < -0.4 is 5.32 Å². The Morgan fingerprint density at radius 3 is 2.47 bits per heavy atom. The Bertz CT molecular complexity index is 743. The number of hydrogen-bond acceptors (Lipinski definition) is 2. The van der Waals surface area contributed by atoms with Crippen molar-refractivity contribution in [3.05, 3.63) is 65.1 Å². The lowest BCUT2D eigenvalue weighted by Crippen LogP contribution is -1.92. The molecule has 0 saturated heterocycles. The van der Waals surface area contributed by atoms with Crippen molar-refractivity contribution in [2.45, 2.75) is 0 Å². The molecule has 3 rings (SSSR count). The molecule has 0 spiro atoms. The van der Waals surface area contributed by atoms with E-state index in [4.69, 9.17) is 0 Å². The number of hydrogen-bond donors (Lipinski definition) is 1. The summed E-state index contributed by atoms with van der Waals surface area (Å²) in [6.45, 7) is 0. The van der Waals surface area contributed by atoms with Crippen molar-refractivity contribution in [2.75, 3.05) is 5.32 Å². The second kappa shape index (κ2) is 4.97. The fourth-order valence-electron chi connectivity index (χ4n) is 1.94. The third-order valence-electron chi connectivity index (χ3n) is 2.82. The van der Waals surface area contributed by atoms with Gasteiger partial charge >= 0.3 is 0 Å². The van der Waals surface area contributed by atoms with E-state index in [-0.39, 0.29) is 0 Å². The topological polar surface area (TPSA) is 24.9 Å². The first kappa shape index (κ1) is 12.1. The van der Waals surface area contributed by atoms with E-state index in [1.807, 2.05) is 30.3 Å². The minimum atomic E-state index is -0.491. The van der Waals surface area contributed by atoms with E-state index in [9.17, 15) is 4.39 Å². The molecule has 4 heteroatoms. The fourth-order valence-corrected chi connectivity index (χ4v) is 2.32. The number of nitrogens with one attached hydrogen (secondary N) is 1. The minimum Gasteiger partial charge on any atom is -0.355 e. The van der Waals surface area contributed by atoms with Crippen molar-refractivity contribution in [1.29, 1.82) is 0 Å². The average molecular weight is 317 g/mol. The molecular weight excluding hydrogens is 307 g/mol. The van der Waals surface area contributed by atoms with Crippen LogP contribution in [0.2, 0.25) is 0 Å². The predicted octanol–water partition coefficient (Wildman–Crippen LogP) is 4.88. The van der Waals surface area contributed by atoms with E-state index in [1.165, 1.54) is 12.3 Å². The monoisotopic (exact) mass is 316 g/mol. The van der Waals surface area contributed by atoms with Crippen LogP contribution in [0.4, 0.5) is 15.8 Å². The zero-order valence-corrected chi connectivity index (χ0v) is 11.5. The summed E-state index contributed by atoms with van der Waals surface area (Å²) in [6, 6.07) is 15.2. The van der Waals surface area contributed by atoms with Gasteiger partial charge in [-0.2, -0.15) is 4.39 Å². The molecular formula is C15H10BrFN2. The van der Waals surface area contributed by atoms with Crippen LogP contribution in [0.3, 0.4) is 0 Å². The first-order valence-corrected chi connectivity index (χ1v) is 6.58. The van der Waals surface area contributed by atoms with Gasteiger partial charge in [0.25, 0.3) is 0 Å². The largest absolute Gasteiger partial charge is 0.355 e. The Morgan fingerprint density at radius 2 is 1.63 bits per heavy atom. The van der Waals surface area contributed by atoms with Gasteiger partial charge in [-0.05, 0) is 41.1 Å². The zero-order chi connectivity index (χ0) is 13.2. The molecule has 1 N–H and O–H groups in total. The molecule has 2 aromatic carbocycles. The number of benzene rings is 2. The first-order valence-electron chi connectivity index (χ1n) is 5.79. The van der Waals surface area contributed by atoms with Crippen LogP contribution in [-0.2, 0) is 0 Å². The molecule has 0 unspecified atom stereocenters. The Morgan fingerprint density at radius 1 is 0.895 bits per heavy atom. The van der Waals surface area contributed by atoms with Crippen LogP contribution in [0.25, 0.3) is 10.8 Å². The number of pyridine rings is 1. The summed E-state index contributed by atoms with van der Waals surface area (Å²) in [5.41, 5.74) is 1.60. The molecule has 0 atom stereocenters. The van der Waals surface area contributed by atoms with Crippen LogP contribution in [0, 0.1) is 5.95 Å². The van der Waals surface area contributed by atoms with Crippen LogP contribution in [0.1, 0.15) is 0 Å². The van der Waals surface area contributed by atoms with Crippen LogP contribution in [0.15, 0.2) is 59.2 Å². The van der Waals surface area contributed by atoms with Gasteiger partial charge in [0.2, 0.25) is 5.95 Å². The van der Waals surface area contributed by atoms with Crippen molar-refractivity contribution < 1.29 is 4.39 Å². The maximum Gasteiger partial charge on any atom is 0.214 e. The molecule has 3 aromatic rings. The quantitative estimate of drug-likeness (QED) is 0.681. The molecule has 0 amide bonds. The highest BCUT2D eigenvalue weighted by molar-refractivity contribution is 9.10. The summed E-state index contributed by atoms with van der Waals surface area (Å²) in [7, 11) is 0. The highest BCUT2D eigenvalue weighted by atomic mass is 79.9. The molecule has 94 valence electrons. The maximum absolute atomic E-state index is 13.0. The van der Waals surface area contributed by atoms with E-state index in [1.54, 1.807) is 6.07 Å². The molecule has 0 aliphatic heterocycles. The summed E-state index contributed by atoms with van der Waals surface area (Å²) in [5, 5.41) is 5.44. The minimum absolute atomic E-state index is 0.491. The van der Waals surface area contributed by atoms with E-state index in [0.717, 1.165) is 20.9 Å². The maximum atomic E-state index is 13.0. The van der Waals surface area contributed by atoms with Crippen LogP contribution >= 0.6 is 15.9 Å². The lowest BCUT2D eigenvalue weighted by molar-refractivity contribution is 0.584. The molecule has 1 heterocycles. The van der Waals surface area contributed by atoms with Gasteiger partial charge in [-0.15, -0.1) is 0 Å². The highest BCUT2D eigenvalue weighted by Crippen LogP contribution is 2.24. The Hall–Kier alpha value is -1.94. The van der Waals surface area contributed by atoms with E-state index < -0.39 is 5.95 Å². The second-order valence-electron chi connectivity index (χ2n) is 4.20.